The molecular weight excluding hydrogens is 270 g/mol. The second kappa shape index (κ2) is 5.89. The molecule has 8 heteroatoms. The number of aromatic nitrogens is 3. The second-order valence-corrected chi connectivity index (χ2v) is 4.95. The van der Waals surface area contributed by atoms with Crippen molar-refractivity contribution in [3.63, 3.8) is 0 Å². The minimum Gasteiger partial charge on any atom is -0.463 e. The van der Waals surface area contributed by atoms with Crippen molar-refractivity contribution in [2.24, 2.45) is 0 Å². The van der Waals surface area contributed by atoms with Gasteiger partial charge in [0.2, 0.25) is 0 Å². The zero-order chi connectivity index (χ0) is 13.8. The third-order valence-corrected chi connectivity index (χ3v) is 3.04. The van der Waals surface area contributed by atoms with Crippen molar-refractivity contribution >= 4 is 28.5 Å². The van der Waals surface area contributed by atoms with Crippen molar-refractivity contribution in [1.29, 1.82) is 0 Å². The van der Waals surface area contributed by atoms with Gasteiger partial charge in [0.25, 0.3) is 4.74 Å². The van der Waals surface area contributed by atoms with Crippen LogP contribution in [-0.2, 0) is 21.0 Å². The number of hydrogen-bond acceptors (Lipinski definition) is 7. The first-order chi connectivity index (χ1) is 9.08. The van der Waals surface area contributed by atoms with Crippen LogP contribution < -0.4 is 4.74 Å². The van der Waals surface area contributed by atoms with E-state index >= 15 is 0 Å². The second-order valence-electron chi connectivity index (χ2n) is 3.78. The van der Waals surface area contributed by atoms with Crippen LogP contribution in [0.4, 0.5) is 0 Å². The molecule has 0 aliphatic heterocycles. The Kier molecular flexibility index (Phi) is 4.23. The van der Waals surface area contributed by atoms with Crippen LogP contribution in [-0.4, -0.2) is 33.7 Å². The van der Waals surface area contributed by atoms with Gasteiger partial charge in [-0.1, -0.05) is 11.3 Å². The quantitative estimate of drug-likeness (QED) is 0.593. The molecule has 0 spiro atoms. The van der Waals surface area contributed by atoms with Gasteiger partial charge in [0.15, 0.2) is 11.2 Å². The van der Waals surface area contributed by atoms with Crippen molar-refractivity contribution < 1.29 is 14.3 Å². The van der Waals surface area contributed by atoms with Crippen LogP contribution in [0.1, 0.15) is 11.9 Å². The number of ether oxygens (including phenoxy) is 2. The fraction of sp³-hybridized carbons (Fsp3) is 0.455. The lowest BCUT2D eigenvalue weighted by Crippen LogP contribution is -2.10. The van der Waals surface area contributed by atoms with Gasteiger partial charge in [0, 0.05) is 6.92 Å². The fourth-order valence-electron chi connectivity index (χ4n) is 1.49. The number of aryl methyl sites for hydroxylation is 1. The first kappa shape index (κ1) is 13.6. The Morgan fingerprint density at radius 2 is 2.26 bits per heavy atom. The zero-order valence-corrected chi connectivity index (χ0v) is 11.4. The predicted octanol–water partition coefficient (Wildman–Crippen LogP) is 0.699. The monoisotopic (exact) mass is 283 g/mol. The van der Waals surface area contributed by atoms with Crippen molar-refractivity contribution in [3.05, 3.63) is 20.9 Å². The van der Waals surface area contributed by atoms with E-state index in [1.807, 2.05) is 0 Å². The van der Waals surface area contributed by atoms with Gasteiger partial charge in [-0.15, -0.1) is 0 Å². The lowest BCUT2D eigenvalue weighted by atomic mass is 10.6. The summed E-state index contributed by atoms with van der Waals surface area (Å²) < 4.78 is 11.6. The minimum atomic E-state index is -0.341. The van der Waals surface area contributed by atoms with Crippen LogP contribution in [0.2, 0.25) is 0 Å². The highest BCUT2D eigenvalue weighted by atomic mass is 32.1. The van der Waals surface area contributed by atoms with Gasteiger partial charge < -0.3 is 9.47 Å². The number of rotatable bonds is 5. The number of carbonyl (C=O) groups excluding carboxylic acids is 1. The fourth-order valence-corrected chi connectivity index (χ4v) is 2.13. The van der Waals surface area contributed by atoms with Crippen LogP contribution in [0.3, 0.4) is 0 Å². The Balaban J connectivity index is 2.01. The largest absolute Gasteiger partial charge is 0.463 e. The third-order valence-electron chi connectivity index (χ3n) is 2.27. The van der Waals surface area contributed by atoms with E-state index in [4.69, 9.17) is 9.47 Å². The predicted molar refractivity (Wildman–Crippen MR) is 69.0 cm³/mol. The van der Waals surface area contributed by atoms with Crippen LogP contribution >= 0.6 is 11.3 Å². The van der Waals surface area contributed by atoms with E-state index in [1.54, 1.807) is 11.5 Å². The summed E-state index contributed by atoms with van der Waals surface area (Å²) in [6.07, 6.45) is 1.51. The maximum Gasteiger partial charge on any atom is 0.302 e. The molecule has 0 atom stereocenters. The van der Waals surface area contributed by atoms with Gasteiger partial charge in [-0.25, -0.2) is 9.97 Å². The molecule has 0 aliphatic carbocycles. The molecule has 2 heterocycles. The number of hydrogen-bond donors (Lipinski definition) is 0. The summed E-state index contributed by atoms with van der Waals surface area (Å²) in [5.41, 5.74) is 0.855. The van der Waals surface area contributed by atoms with Gasteiger partial charge in [0.05, 0.1) is 17.9 Å². The lowest BCUT2D eigenvalue weighted by Gasteiger charge is -2.05. The van der Waals surface area contributed by atoms with Gasteiger partial charge in [-0.3, -0.25) is 14.2 Å². The maximum absolute atomic E-state index is 11.7. The number of fused-ring (bicyclic) bond motifs is 1. The summed E-state index contributed by atoms with van der Waals surface area (Å²) >= 11 is 1.07. The molecule has 7 nitrogen and oxygen atoms in total. The summed E-state index contributed by atoms with van der Waals surface area (Å²) in [5.74, 6) is -0.341. The average molecular weight is 283 g/mol. The highest BCUT2D eigenvalue weighted by Gasteiger charge is 2.08. The van der Waals surface area contributed by atoms with Crippen LogP contribution in [0.25, 0.3) is 11.2 Å². The molecule has 2 rings (SSSR count). The molecule has 2 aromatic heterocycles. The van der Waals surface area contributed by atoms with Crippen LogP contribution in [0.5, 0.6) is 0 Å². The summed E-state index contributed by atoms with van der Waals surface area (Å²) in [4.78, 5) is 30.5. The topological polar surface area (TPSA) is 83.3 Å². The SMILES string of the molecule is CC(=O)OCCOCn1cnc2c(=O)sc(C)nc21. The molecule has 0 aromatic carbocycles. The average Bonchev–Trinajstić information content (AvgIpc) is 2.72. The third kappa shape index (κ3) is 3.36. The standard InChI is InChI=1S/C11H13N3O4S/c1-7-13-10-9(11(16)19-7)12-5-14(10)6-17-3-4-18-8(2)15/h5H,3-4,6H2,1-2H3. The van der Waals surface area contributed by atoms with E-state index in [1.165, 1.54) is 13.3 Å². The highest BCUT2D eigenvalue weighted by Crippen LogP contribution is 2.09. The van der Waals surface area contributed by atoms with E-state index in [0.717, 1.165) is 11.3 Å². The normalized spacial score (nSPS) is 10.8. The smallest absolute Gasteiger partial charge is 0.302 e. The van der Waals surface area contributed by atoms with Gasteiger partial charge >= 0.3 is 5.97 Å². The highest BCUT2D eigenvalue weighted by molar-refractivity contribution is 7.09. The van der Waals surface area contributed by atoms with Crippen molar-refractivity contribution in [3.8, 4) is 0 Å². The minimum absolute atomic E-state index is 0.110. The summed E-state index contributed by atoms with van der Waals surface area (Å²) in [6, 6.07) is 0. The van der Waals surface area contributed by atoms with E-state index < -0.39 is 0 Å². The van der Waals surface area contributed by atoms with Crippen molar-refractivity contribution in [1.82, 2.24) is 14.5 Å². The Hall–Kier alpha value is -1.80. The lowest BCUT2D eigenvalue weighted by molar-refractivity contribution is -0.142. The molecule has 0 saturated carbocycles. The Morgan fingerprint density at radius 1 is 1.47 bits per heavy atom. The van der Waals surface area contributed by atoms with E-state index in [2.05, 4.69) is 9.97 Å². The van der Waals surface area contributed by atoms with Gasteiger partial charge in [0.1, 0.15) is 13.3 Å². The number of esters is 1. The molecule has 0 bridgehead atoms. The number of carbonyl (C=O) groups is 1. The Morgan fingerprint density at radius 3 is 3.00 bits per heavy atom. The van der Waals surface area contributed by atoms with Crippen LogP contribution in [0, 0.1) is 6.92 Å². The van der Waals surface area contributed by atoms with E-state index in [9.17, 15) is 9.59 Å². The molecular formula is C11H13N3O4S. The summed E-state index contributed by atoms with van der Waals surface area (Å²) in [5, 5.41) is 0.680. The molecule has 0 unspecified atom stereocenters. The first-order valence-corrected chi connectivity index (χ1v) is 6.43. The first-order valence-electron chi connectivity index (χ1n) is 5.61. The summed E-state index contributed by atoms with van der Waals surface area (Å²) in [7, 11) is 0. The molecule has 0 fully saturated rings. The molecule has 0 amide bonds. The Labute approximate surface area is 112 Å². The molecule has 2 aromatic rings. The van der Waals surface area contributed by atoms with Gasteiger partial charge in [-0.05, 0) is 6.92 Å². The van der Waals surface area contributed by atoms with Crippen LogP contribution in [0.15, 0.2) is 11.1 Å². The van der Waals surface area contributed by atoms with E-state index in [-0.39, 0.29) is 30.7 Å². The number of nitrogens with zero attached hydrogens (tertiary/aromatic N) is 3. The van der Waals surface area contributed by atoms with Gasteiger partial charge in [-0.2, -0.15) is 0 Å². The molecule has 0 saturated heterocycles. The molecule has 0 radical (unpaired) electrons. The van der Waals surface area contributed by atoms with Crippen molar-refractivity contribution in [2.75, 3.05) is 13.2 Å². The maximum atomic E-state index is 11.7. The van der Waals surface area contributed by atoms with E-state index in [0.29, 0.717) is 16.2 Å². The molecule has 0 N–H and O–H groups in total. The molecule has 102 valence electrons. The van der Waals surface area contributed by atoms with Crippen molar-refractivity contribution in [2.45, 2.75) is 20.6 Å². The Bertz CT molecular complexity index is 649. The number of imidazole rings is 1. The zero-order valence-electron chi connectivity index (χ0n) is 10.6. The molecule has 19 heavy (non-hydrogen) atoms. The molecule has 0 aliphatic rings. The summed E-state index contributed by atoms with van der Waals surface area (Å²) in [6.45, 7) is 3.79.